The van der Waals surface area contributed by atoms with E-state index in [9.17, 15) is 4.79 Å². The highest BCUT2D eigenvalue weighted by atomic mass is 35.5. The number of para-hydroxylation sites is 1. The second-order valence-electron chi connectivity index (χ2n) is 9.66. The maximum absolute atomic E-state index is 13.3. The Morgan fingerprint density at radius 2 is 1.68 bits per heavy atom. The van der Waals surface area contributed by atoms with Gasteiger partial charge in [0.05, 0.1) is 15.6 Å². The minimum atomic E-state index is -0.229. The van der Waals surface area contributed by atoms with Crippen LogP contribution in [0.2, 0.25) is 10.0 Å². The molecule has 192 valence electrons. The molecule has 0 spiro atoms. The van der Waals surface area contributed by atoms with Crippen molar-refractivity contribution < 1.29 is 9.32 Å². The van der Waals surface area contributed by atoms with Gasteiger partial charge in [-0.05, 0) is 50.8 Å². The van der Waals surface area contributed by atoms with Gasteiger partial charge in [-0.15, -0.1) is 0 Å². The minimum absolute atomic E-state index is 0.0521. The Kier molecular flexibility index (Phi) is 7.26. The van der Waals surface area contributed by atoms with Crippen LogP contribution < -0.4 is 15.5 Å². The summed E-state index contributed by atoms with van der Waals surface area (Å²) < 4.78 is 5.36. The third-order valence-electron chi connectivity index (χ3n) is 6.88. The molecule has 37 heavy (non-hydrogen) atoms. The molecule has 0 radical (unpaired) electrons. The number of benzene rings is 2. The highest BCUT2D eigenvalue weighted by molar-refractivity contribution is 6.39. The van der Waals surface area contributed by atoms with Gasteiger partial charge in [-0.1, -0.05) is 52.6 Å². The fourth-order valence-corrected chi connectivity index (χ4v) is 5.56. The lowest BCUT2D eigenvalue weighted by atomic mass is 9.90. The van der Waals surface area contributed by atoms with E-state index in [1.54, 1.807) is 25.1 Å². The number of fused-ring (bicyclic) bond motifs is 1. The number of amides is 1. The maximum atomic E-state index is 13.3. The molecule has 1 aliphatic rings. The third-order valence-corrected chi connectivity index (χ3v) is 7.51. The molecule has 7 nitrogen and oxygen atoms in total. The monoisotopic (exact) mass is 537 g/mol. The standard InChI is InChI=1S/C28H29Cl2N5O2/c1-16-25(27(34-37-16)26-20(29)8-6-9-21(26)30)28(36)32-18-13-11-17(12-14-18)31-24-15-23(35(2)3)19-7-4-5-10-22(19)33-24/h4-10,15,17-18H,11-14H2,1-3H3,(H,31,33)(H,32,36)/t17-,18+. The van der Waals surface area contributed by atoms with Crippen molar-refractivity contribution in [2.24, 2.45) is 0 Å². The van der Waals surface area contributed by atoms with Crippen molar-refractivity contribution >= 4 is 51.5 Å². The molecule has 5 rings (SSSR count). The van der Waals surface area contributed by atoms with Crippen LogP contribution in [0.25, 0.3) is 22.2 Å². The summed E-state index contributed by atoms with van der Waals surface area (Å²) in [4.78, 5) is 20.2. The Morgan fingerprint density at radius 3 is 2.38 bits per heavy atom. The molecule has 0 atom stereocenters. The molecule has 1 saturated carbocycles. The van der Waals surface area contributed by atoms with Crippen LogP contribution in [0, 0.1) is 6.92 Å². The summed E-state index contributed by atoms with van der Waals surface area (Å²) in [5, 5.41) is 12.8. The first-order valence-electron chi connectivity index (χ1n) is 12.4. The van der Waals surface area contributed by atoms with Gasteiger partial charge < -0.3 is 20.1 Å². The Morgan fingerprint density at radius 1 is 1.00 bits per heavy atom. The van der Waals surface area contributed by atoms with E-state index in [-0.39, 0.29) is 18.0 Å². The van der Waals surface area contributed by atoms with Gasteiger partial charge in [-0.2, -0.15) is 0 Å². The van der Waals surface area contributed by atoms with Crippen LogP contribution >= 0.6 is 23.2 Å². The minimum Gasteiger partial charge on any atom is -0.377 e. The number of halogens is 2. The quantitative estimate of drug-likeness (QED) is 0.284. The molecule has 1 amide bonds. The van der Waals surface area contributed by atoms with Crippen LogP contribution in [0.15, 0.2) is 53.1 Å². The number of aryl methyl sites for hydroxylation is 1. The Bertz CT molecular complexity index is 1420. The summed E-state index contributed by atoms with van der Waals surface area (Å²) in [5.74, 6) is 1.07. The van der Waals surface area contributed by atoms with E-state index in [1.807, 2.05) is 32.3 Å². The maximum Gasteiger partial charge on any atom is 0.257 e. The normalized spacial score (nSPS) is 17.5. The van der Waals surface area contributed by atoms with Crippen molar-refractivity contribution in [3.8, 4) is 11.3 Å². The van der Waals surface area contributed by atoms with Crippen LogP contribution in [-0.4, -0.2) is 42.2 Å². The first-order chi connectivity index (χ1) is 17.8. The van der Waals surface area contributed by atoms with Gasteiger partial charge in [-0.25, -0.2) is 4.98 Å². The zero-order chi connectivity index (χ0) is 26.1. The first-order valence-corrected chi connectivity index (χ1v) is 13.1. The van der Waals surface area contributed by atoms with Crippen LogP contribution in [0.3, 0.4) is 0 Å². The van der Waals surface area contributed by atoms with E-state index in [2.05, 4.69) is 32.8 Å². The number of nitrogens with one attached hydrogen (secondary N) is 2. The summed E-state index contributed by atoms with van der Waals surface area (Å²) in [6, 6.07) is 15.8. The summed E-state index contributed by atoms with van der Waals surface area (Å²) in [7, 11) is 4.09. The van der Waals surface area contributed by atoms with Crippen LogP contribution in [0.5, 0.6) is 0 Å². The number of nitrogens with zero attached hydrogens (tertiary/aromatic N) is 3. The number of carbonyl (C=O) groups excluding carboxylic acids is 1. The van der Waals surface area contributed by atoms with Gasteiger partial charge >= 0.3 is 0 Å². The van der Waals surface area contributed by atoms with Crippen LogP contribution in [-0.2, 0) is 0 Å². The van der Waals surface area contributed by atoms with E-state index in [1.165, 1.54) is 0 Å². The lowest BCUT2D eigenvalue weighted by Gasteiger charge is -2.30. The molecular weight excluding hydrogens is 509 g/mol. The molecule has 0 bridgehead atoms. The van der Waals surface area contributed by atoms with E-state index in [4.69, 9.17) is 32.7 Å². The predicted octanol–water partition coefficient (Wildman–Crippen LogP) is 6.72. The molecular formula is C28H29Cl2N5O2. The second kappa shape index (κ2) is 10.6. The van der Waals surface area contributed by atoms with Crippen molar-refractivity contribution in [3.63, 3.8) is 0 Å². The molecule has 9 heteroatoms. The molecule has 1 fully saturated rings. The average Bonchev–Trinajstić information content (AvgIpc) is 3.25. The van der Waals surface area contributed by atoms with E-state index >= 15 is 0 Å². The van der Waals surface area contributed by atoms with E-state index < -0.39 is 0 Å². The van der Waals surface area contributed by atoms with Crippen molar-refractivity contribution in [1.82, 2.24) is 15.5 Å². The Labute approximate surface area is 226 Å². The summed E-state index contributed by atoms with van der Waals surface area (Å²) in [6.45, 7) is 1.72. The highest BCUT2D eigenvalue weighted by Gasteiger charge is 2.28. The summed E-state index contributed by atoms with van der Waals surface area (Å²) in [6.07, 6.45) is 3.54. The highest BCUT2D eigenvalue weighted by Crippen LogP contribution is 2.37. The Hall–Kier alpha value is -3.29. The van der Waals surface area contributed by atoms with E-state index in [0.717, 1.165) is 48.1 Å². The number of pyridine rings is 1. The number of rotatable bonds is 6. The second-order valence-corrected chi connectivity index (χ2v) is 10.5. The van der Waals surface area contributed by atoms with Crippen molar-refractivity contribution in [1.29, 1.82) is 0 Å². The van der Waals surface area contributed by atoms with Gasteiger partial charge in [0, 0.05) is 48.9 Å². The molecule has 4 aromatic rings. The fraction of sp³-hybridized carbons (Fsp3) is 0.321. The molecule has 2 heterocycles. The summed E-state index contributed by atoms with van der Waals surface area (Å²) >= 11 is 12.7. The average molecular weight is 538 g/mol. The van der Waals surface area contributed by atoms with Gasteiger partial charge in [0.15, 0.2) is 0 Å². The van der Waals surface area contributed by atoms with Gasteiger partial charge in [0.25, 0.3) is 5.91 Å². The lowest BCUT2D eigenvalue weighted by Crippen LogP contribution is -2.40. The molecule has 0 unspecified atom stereocenters. The van der Waals surface area contributed by atoms with Gasteiger partial charge in [-0.3, -0.25) is 4.79 Å². The van der Waals surface area contributed by atoms with Crippen molar-refractivity contribution in [2.45, 2.75) is 44.7 Å². The number of anilines is 2. The van der Waals surface area contributed by atoms with Gasteiger partial charge in [0.1, 0.15) is 22.8 Å². The van der Waals surface area contributed by atoms with Crippen LogP contribution in [0.1, 0.15) is 41.8 Å². The van der Waals surface area contributed by atoms with Crippen molar-refractivity contribution in [3.05, 3.63) is 69.9 Å². The Balaban J connectivity index is 1.25. The fourth-order valence-electron chi connectivity index (χ4n) is 4.98. The van der Waals surface area contributed by atoms with Crippen molar-refractivity contribution in [2.75, 3.05) is 24.3 Å². The number of aromatic nitrogens is 2. The number of hydrogen-bond acceptors (Lipinski definition) is 6. The summed E-state index contributed by atoms with van der Waals surface area (Å²) in [5.41, 5.74) is 3.33. The third kappa shape index (κ3) is 5.24. The van der Waals surface area contributed by atoms with E-state index in [0.29, 0.717) is 32.6 Å². The zero-order valence-electron chi connectivity index (χ0n) is 21.0. The first kappa shape index (κ1) is 25.4. The molecule has 0 saturated heterocycles. The largest absolute Gasteiger partial charge is 0.377 e. The smallest absolute Gasteiger partial charge is 0.257 e. The lowest BCUT2D eigenvalue weighted by molar-refractivity contribution is 0.0925. The molecule has 2 aromatic carbocycles. The molecule has 2 N–H and O–H groups in total. The molecule has 0 aliphatic heterocycles. The predicted molar refractivity (Wildman–Crippen MR) is 150 cm³/mol. The number of hydrogen-bond donors (Lipinski definition) is 2. The SMILES string of the molecule is Cc1onc(-c2c(Cl)cccc2Cl)c1C(=O)N[C@H]1CC[C@@H](Nc2cc(N(C)C)c3ccccc3n2)CC1. The topological polar surface area (TPSA) is 83.3 Å². The van der Waals surface area contributed by atoms with Crippen LogP contribution in [0.4, 0.5) is 11.5 Å². The molecule has 2 aromatic heterocycles. The number of carbonyl (C=O) groups is 1. The zero-order valence-corrected chi connectivity index (χ0v) is 22.5. The molecule has 1 aliphatic carbocycles. The van der Waals surface area contributed by atoms with Gasteiger partial charge in [0.2, 0.25) is 0 Å².